The average molecular weight is 322 g/mol. The molecule has 21 heavy (non-hydrogen) atoms. The quantitative estimate of drug-likeness (QED) is 0.766. The Labute approximate surface area is 137 Å². The summed E-state index contributed by atoms with van der Waals surface area (Å²) in [5, 5.41) is 4.70. The lowest BCUT2D eigenvalue weighted by molar-refractivity contribution is 0.643. The zero-order valence-electron chi connectivity index (χ0n) is 12.7. The van der Waals surface area contributed by atoms with E-state index in [9.17, 15) is 0 Å². The van der Waals surface area contributed by atoms with Gasteiger partial charge in [-0.15, -0.1) is 0 Å². The van der Waals surface area contributed by atoms with Crippen LogP contribution in [0.2, 0.25) is 10.0 Å². The molecule has 0 aromatic heterocycles. The number of hydrogen-bond acceptors (Lipinski definition) is 1. The fourth-order valence-corrected chi connectivity index (χ4v) is 3.13. The van der Waals surface area contributed by atoms with Gasteiger partial charge in [0.2, 0.25) is 0 Å². The molecule has 0 bridgehead atoms. The number of benzene rings is 2. The van der Waals surface area contributed by atoms with Crippen molar-refractivity contribution in [2.45, 2.75) is 26.3 Å². The highest BCUT2D eigenvalue weighted by Gasteiger charge is 2.16. The molecule has 1 atom stereocenters. The van der Waals surface area contributed by atoms with Gasteiger partial charge in [-0.05, 0) is 48.2 Å². The molecule has 0 fully saturated rings. The van der Waals surface area contributed by atoms with E-state index in [4.69, 9.17) is 23.2 Å². The van der Waals surface area contributed by atoms with Gasteiger partial charge in [0.05, 0.1) is 6.04 Å². The number of halogens is 2. The Morgan fingerprint density at radius 2 is 1.81 bits per heavy atom. The summed E-state index contributed by atoms with van der Waals surface area (Å²) in [7, 11) is 1.95. The molecule has 1 N–H and O–H groups in total. The first kappa shape index (κ1) is 16.4. The Kier molecular flexibility index (Phi) is 5.69. The van der Waals surface area contributed by atoms with Crippen molar-refractivity contribution in [3.05, 3.63) is 69.2 Å². The summed E-state index contributed by atoms with van der Waals surface area (Å²) in [5.74, 6) is 0.646. The predicted octanol–water partition coefficient (Wildman–Crippen LogP) is 5.50. The molecule has 0 heterocycles. The molecule has 2 rings (SSSR count). The van der Waals surface area contributed by atoms with Crippen LogP contribution >= 0.6 is 23.2 Å². The minimum atomic E-state index is 0.0712. The molecule has 0 saturated heterocycles. The predicted molar refractivity (Wildman–Crippen MR) is 92.3 cm³/mol. The van der Waals surface area contributed by atoms with E-state index < -0.39 is 0 Å². The van der Waals surface area contributed by atoms with Gasteiger partial charge in [-0.3, -0.25) is 0 Å². The molecule has 2 aromatic carbocycles. The first-order chi connectivity index (χ1) is 10.0. The van der Waals surface area contributed by atoms with Crippen molar-refractivity contribution >= 4 is 23.2 Å². The van der Waals surface area contributed by atoms with Crippen LogP contribution in [-0.4, -0.2) is 7.05 Å². The monoisotopic (exact) mass is 321 g/mol. The minimum Gasteiger partial charge on any atom is -0.309 e. The Balaban J connectivity index is 2.37. The first-order valence-electron chi connectivity index (χ1n) is 7.22. The summed E-state index contributed by atoms with van der Waals surface area (Å²) in [5.41, 5.74) is 3.62. The van der Waals surface area contributed by atoms with Crippen molar-refractivity contribution in [1.29, 1.82) is 0 Å². The molecule has 112 valence electrons. The third-order valence-corrected chi connectivity index (χ3v) is 4.05. The summed E-state index contributed by atoms with van der Waals surface area (Å²) < 4.78 is 0. The van der Waals surface area contributed by atoms with Gasteiger partial charge in [0, 0.05) is 10.0 Å². The maximum Gasteiger partial charge on any atom is 0.0589 e. The van der Waals surface area contributed by atoms with Crippen LogP contribution in [0.25, 0.3) is 0 Å². The first-order valence-corrected chi connectivity index (χ1v) is 7.98. The lowest BCUT2D eigenvalue weighted by Crippen LogP contribution is -2.18. The average Bonchev–Trinajstić information content (AvgIpc) is 2.41. The van der Waals surface area contributed by atoms with Crippen LogP contribution in [0.5, 0.6) is 0 Å². The normalized spacial score (nSPS) is 12.7. The van der Waals surface area contributed by atoms with Gasteiger partial charge in [-0.1, -0.05) is 67.4 Å². The Morgan fingerprint density at radius 3 is 2.43 bits per heavy atom. The van der Waals surface area contributed by atoms with Crippen molar-refractivity contribution in [3.8, 4) is 0 Å². The summed E-state index contributed by atoms with van der Waals surface area (Å²) in [6.07, 6.45) is 1.08. The van der Waals surface area contributed by atoms with Crippen molar-refractivity contribution < 1.29 is 0 Å². The Bertz CT molecular complexity index is 608. The molecular weight excluding hydrogens is 301 g/mol. The lowest BCUT2D eigenvalue weighted by Gasteiger charge is -2.20. The van der Waals surface area contributed by atoms with Gasteiger partial charge < -0.3 is 5.32 Å². The molecule has 2 aromatic rings. The summed E-state index contributed by atoms with van der Waals surface area (Å²) in [6.45, 7) is 4.47. The third kappa shape index (κ3) is 4.23. The van der Waals surface area contributed by atoms with E-state index >= 15 is 0 Å². The van der Waals surface area contributed by atoms with Crippen LogP contribution in [0.3, 0.4) is 0 Å². The second-order valence-electron chi connectivity index (χ2n) is 5.73. The zero-order chi connectivity index (χ0) is 15.4. The van der Waals surface area contributed by atoms with E-state index in [1.54, 1.807) is 6.07 Å². The van der Waals surface area contributed by atoms with Gasteiger partial charge in [0.25, 0.3) is 0 Å². The van der Waals surface area contributed by atoms with E-state index in [2.05, 4.69) is 43.4 Å². The molecule has 0 aliphatic rings. The van der Waals surface area contributed by atoms with Crippen LogP contribution in [0.15, 0.2) is 42.5 Å². The van der Waals surface area contributed by atoms with Crippen molar-refractivity contribution in [1.82, 2.24) is 5.32 Å². The molecule has 0 radical (unpaired) electrons. The van der Waals surface area contributed by atoms with E-state index in [0.29, 0.717) is 16.0 Å². The molecule has 0 spiro atoms. The van der Waals surface area contributed by atoms with Crippen LogP contribution in [0.1, 0.15) is 36.6 Å². The summed E-state index contributed by atoms with van der Waals surface area (Å²) >= 11 is 12.3. The smallest absolute Gasteiger partial charge is 0.0589 e. The maximum atomic E-state index is 6.35. The van der Waals surface area contributed by atoms with Gasteiger partial charge in [0.1, 0.15) is 0 Å². The molecule has 1 unspecified atom stereocenters. The van der Waals surface area contributed by atoms with Crippen molar-refractivity contribution in [2.75, 3.05) is 7.05 Å². The van der Waals surface area contributed by atoms with E-state index in [1.165, 1.54) is 11.1 Å². The fraction of sp³-hybridized carbons (Fsp3) is 0.333. The van der Waals surface area contributed by atoms with E-state index in [-0.39, 0.29) is 6.04 Å². The topological polar surface area (TPSA) is 12.0 Å². The van der Waals surface area contributed by atoms with Gasteiger partial charge in [0.15, 0.2) is 0 Å². The highest BCUT2D eigenvalue weighted by atomic mass is 35.5. The molecule has 0 aliphatic carbocycles. The number of rotatable bonds is 5. The largest absolute Gasteiger partial charge is 0.309 e. The molecule has 3 heteroatoms. The number of nitrogens with one attached hydrogen (secondary N) is 1. The van der Waals surface area contributed by atoms with Gasteiger partial charge in [-0.2, -0.15) is 0 Å². The highest BCUT2D eigenvalue weighted by molar-refractivity contribution is 6.35. The van der Waals surface area contributed by atoms with E-state index in [1.807, 2.05) is 19.2 Å². The van der Waals surface area contributed by atoms with Gasteiger partial charge in [-0.25, -0.2) is 0 Å². The van der Waals surface area contributed by atoms with Crippen LogP contribution in [-0.2, 0) is 6.42 Å². The minimum absolute atomic E-state index is 0.0712. The Morgan fingerprint density at radius 1 is 1.05 bits per heavy atom. The second kappa shape index (κ2) is 7.31. The maximum absolute atomic E-state index is 6.35. The molecule has 1 nitrogen and oxygen atoms in total. The number of hydrogen-bond donors (Lipinski definition) is 1. The fourth-order valence-electron chi connectivity index (χ4n) is 2.61. The van der Waals surface area contributed by atoms with Gasteiger partial charge >= 0.3 is 0 Å². The third-order valence-electron chi connectivity index (χ3n) is 3.49. The molecule has 0 amide bonds. The van der Waals surface area contributed by atoms with Crippen LogP contribution < -0.4 is 5.32 Å². The zero-order valence-corrected chi connectivity index (χ0v) is 14.2. The van der Waals surface area contributed by atoms with E-state index in [0.717, 1.165) is 12.0 Å². The molecule has 0 saturated carbocycles. The molecular formula is C18H21Cl2N. The second-order valence-corrected chi connectivity index (χ2v) is 6.57. The standard InChI is InChI=1S/C18H21Cl2N/c1-12(2)9-13-5-4-6-14(10-13)18(21-3)16-8-7-15(19)11-17(16)20/h4-8,10-12,18,21H,9H2,1-3H3. The SMILES string of the molecule is CNC(c1cccc(CC(C)C)c1)c1ccc(Cl)cc1Cl. The van der Waals surface area contributed by atoms with Crippen molar-refractivity contribution in [3.63, 3.8) is 0 Å². The van der Waals surface area contributed by atoms with Crippen LogP contribution in [0.4, 0.5) is 0 Å². The van der Waals surface area contributed by atoms with Crippen LogP contribution in [0, 0.1) is 5.92 Å². The van der Waals surface area contributed by atoms with Crippen molar-refractivity contribution in [2.24, 2.45) is 5.92 Å². The highest BCUT2D eigenvalue weighted by Crippen LogP contribution is 2.30. The molecule has 0 aliphatic heterocycles. The summed E-state index contributed by atoms with van der Waals surface area (Å²) in [6, 6.07) is 14.4. The lowest BCUT2D eigenvalue weighted by atomic mass is 9.94. The summed E-state index contributed by atoms with van der Waals surface area (Å²) in [4.78, 5) is 0. The Hall–Kier alpha value is -1.02.